The standard InChI is InChI=1S/C14H22BrN3/c1-4-9(5-2)13-17-12(10-7-8-10)11(15)14(18-13)16-6-3/h9-10H,4-8H2,1-3H3,(H,16,17,18). The van der Waals surface area contributed by atoms with Crippen LogP contribution in [0, 0.1) is 0 Å². The highest BCUT2D eigenvalue weighted by Crippen LogP contribution is 2.44. The highest BCUT2D eigenvalue weighted by atomic mass is 79.9. The third kappa shape index (κ3) is 2.85. The van der Waals surface area contributed by atoms with E-state index >= 15 is 0 Å². The molecule has 0 unspecified atom stereocenters. The van der Waals surface area contributed by atoms with E-state index in [0.717, 1.165) is 35.5 Å². The van der Waals surface area contributed by atoms with E-state index in [1.165, 1.54) is 18.5 Å². The minimum Gasteiger partial charge on any atom is -0.369 e. The van der Waals surface area contributed by atoms with Gasteiger partial charge in [-0.1, -0.05) is 13.8 Å². The molecule has 0 aromatic carbocycles. The van der Waals surface area contributed by atoms with E-state index in [4.69, 9.17) is 9.97 Å². The third-order valence-corrected chi connectivity index (χ3v) is 4.33. The number of halogens is 1. The predicted molar refractivity (Wildman–Crippen MR) is 79.2 cm³/mol. The Morgan fingerprint density at radius 2 is 1.89 bits per heavy atom. The summed E-state index contributed by atoms with van der Waals surface area (Å²) in [6.45, 7) is 7.41. The summed E-state index contributed by atoms with van der Waals surface area (Å²) in [6.07, 6.45) is 4.74. The number of anilines is 1. The van der Waals surface area contributed by atoms with Gasteiger partial charge in [-0.3, -0.25) is 0 Å². The summed E-state index contributed by atoms with van der Waals surface area (Å²) in [4.78, 5) is 9.53. The smallest absolute Gasteiger partial charge is 0.144 e. The average molecular weight is 312 g/mol. The zero-order valence-electron chi connectivity index (χ0n) is 11.5. The van der Waals surface area contributed by atoms with E-state index in [1.54, 1.807) is 0 Å². The van der Waals surface area contributed by atoms with E-state index in [-0.39, 0.29) is 0 Å². The Balaban J connectivity index is 2.40. The molecule has 4 heteroatoms. The van der Waals surface area contributed by atoms with Crippen molar-refractivity contribution in [3.8, 4) is 0 Å². The molecule has 1 aromatic heterocycles. The first-order valence-corrected chi connectivity index (χ1v) is 7.81. The quantitative estimate of drug-likeness (QED) is 0.843. The zero-order valence-corrected chi connectivity index (χ0v) is 13.0. The fraction of sp³-hybridized carbons (Fsp3) is 0.714. The highest BCUT2D eigenvalue weighted by Gasteiger charge is 2.30. The Morgan fingerprint density at radius 1 is 1.22 bits per heavy atom. The van der Waals surface area contributed by atoms with Crippen LogP contribution >= 0.6 is 15.9 Å². The van der Waals surface area contributed by atoms with Gasteiger partial charge in [0.2, 0.25) is 0 Å². The minimum atomic E-state index is 0.480. The van der Waals surface area contributed by atoms with Crippen molar-refractivity contribution < 1.29 is 0 Å². The maximum absolute atomic E-state index is 4.82. The second-order valence-corrected chi connectivity index (χ2v) is 5.74. The maximum Gasteiger partial charge on any atom is 0.144 e. The molecule has 2 rings (SSSR count). The molecular formula is C14H22BrN3. The molecule has 0 atom stereocenters. The van der Waals surface area contributed by atoms with Crippen LogP contribution in [0.3, 0.4) is 0 Å². The summed E-state index contributed by atoms with van der Waals surface area (Å²) in [6, 6.07) is 0. The van der Waals surface area contributed by atoms with Crippen molar-refractivity contribution in [2.24, 2.45) is 0 Å². The minimum absolute atomic E-state index is 0.480. The van der Waals surface area contributed by atoms with Gasteiger partial charge in [0.15, 0.2) is 0 Å². The molecule has 0 radical (unpaired) electrons. The van der Waals surface area contributed by atoms with E-state index < -0.39 is 0 Å². The van der Waals surface area contributed by atoms with Crippen LogP contribution in [0.25, 0.3) is 0 Å². The first kappa shape index (κ1) is 13.8. The summed E-state index contributed by atoms with van der Waals surface area (Å²) >= 11 is 3.66. The van der Waals surface area contributed by atoms with Crippen LogP contribution in [0.4, 0.5) is 5.82 Å². The van der Waals surface area contributed by atoms with Gasteiger partial charge in [-0.2, -0.15) is 0 Å². The molecule has 1 heterocycles. The van der Waals surface area contributed by atoms with Crippen molar-refractivity contribution >= 4 is 21.7 Å². The number of aromatic nitrogens is 2. The maximum atomic E-state index is 4.82. The van der Waals surface area contributed by atoms with Crippen molar-refractivity contribution in [2.75, 3.05) is 11.9 Å². The normalized spacial score (nSPS) is 15.2. The van der Waals surface area contributed by atoms with Crippen LogP contribution in [0.2, 0.25) is 0 Å². The van der Waals surface area contributed by atoms with E-state index in [2.05, 4.69) is 42.0 Å². The molecule has 3 nitrogen and oxygen atoms in total. The second-order valence-electron chi connectivity index (χ2n) is 4.95. The topological polar surface area (TPSA) is 37.8 Å². The number of hydrogen-bond donors (Lipinski definition) is 1. The molecule has 0 saturated heterocycles. The Labute approximate surface area is 118 Å². The van der Waals surface area contributed by atoms with Crippen LogP contribution in [0.1, 0.15) is 69.8 Å². The van der Waals surface area contributed by atoms with Gasteiger partial charge >= 0.3 is 0 Å². The van der Waals surface area contributed by atoms with Gasteiger partial charge in [0.05, 0.1) is 10.2 Å². The van der Waals surface area contributed by atoms with E-state index in [9.17, 15) is 0 Å². The SMILES string of the molecule is CCNc1nc(C(CC)CC)nc(C2CC2)c1Br. The molecule has 1 aliphatic rings. The fourth-order valence-electron chi connectivity index (χ4n) is 2.23. The molecule has 0 amide bonds. The molecule has 1 N–H and O–H groups in total. The van der Waals surface area contributed by atoms with Gasteiger partial charge in [-0.15, -0.1) is 0 Å². The molecule has 1 aliphatic carbocycles. The van der Waals surface area contributed by atoms with Crippen molar-refractivity contribution in [1.29, 1.82) is 0 Å². The molecule has 100 valence electrons. The largest absolute Gasteiger partial charge is 0.369 e. The summed E-state index contributed by atoms with van der Waals surface area (Å²) in [7, 11) is 0. The van der Waals surface area contributed by atoms with Crippen LogP contribution in [-0.2, 0) is 0 Å². The van der Waals surface area contributed by atoms with Crippen molar-refractivity contribution in [3.63, 3.8) is 0 Å². The third-order valence-electron chi connectivity index (χ3n) is 3.55. The van der Waals surface area contributed by atoms with Gasteiger partial charge < -0.3 is 5.32 Å². The molecule has 1 aromatic rings. The van der Waals surface area contributed by atoms with Crippen molar-refractivity contribution in [2.45, 2.75) is 58.3 Å². The number of nitrogens with zero attached hydrogens (tertiary/aromatic N) is 2. The summed E-state index contributed by atoms with van der Waals surface area (Å²) in [5, 5.41) is 3.34. The van der Waals surface area contributed by atoms with E-state index in [1.807, 2.05) is 0 Å². The molecule has 0 aliphatic heterocycles. The number of hydrogen-bond acceptors (Lipinski definition) is 3. The lowest BCUT2D eigenvalue weighted by atomic mass is 10.0. The summed E-state index contributed by atoms with van der Waals surface area (Å²) < 4.78 is 1.07. The highest BCUT2D eigenvalue weighted by molar-refractivity contribution is 9.10. The van der Waals surface area contributed by atoms with Crippen LogP contribution in [0.15, 0.2) is 4.47 Å². The molecular weight excluding hydrogens is 290 g/mol. The lowest BCUT2D eigenvalue weighted by Gasteiger charge is -2.16. The first-order chi connectivity index (χ1) is 8.71. The van der Waals surface area contributed by atoms with Crippen LogP contribution < -0.4 is 5.32 Å². The molecule has 1 saturated carbocycles. The van der Waals surface area contributed by atoms with Gasteiger partial charge in [-0.05, 0) is 48.5 Å². The fourth-order valence-corrected chi connectivity index (χ4v) is 2.87. The van der Waals surface area contributed by atoms with Gasteiger partial charge in [-0.25, -0.2) is 9.97 Å². The lowest BCUT2D eigenvalue weighted by molar-refractivity contribution is 0.597. The monoisotopic (exact) mass is 311 g/mol. The molecule has 0 spiro atoms. The number of nitrogens with one attached hydrogen (secondary N) is 1. The molecule has 0 bridgehead atoms. The Bertz CT molecular complexity index is 412. The van der Waals surface area contributed by atoms with Crippen molar-refractivity contribution in [1.82, 2.24) is 9.97 Å². The molecule has 18 heavy (non-hydrogen) atoms. The Morgan fingerprint density at radius 3 is 2.39 bits per heavy atom. The number of rotatable bonds is 6. The van der Waals surface area contributed by atoms with E-state index in [0.29, 0.717) is 11.8 Å². The molecule has 1 fully saturated rings. The summed E-state index contributed by atoms with van der Waals surface area (Å²) in [5.41, 5.74) is 1.21. The average Bonchev–Trinajstić information content (AvgIpc) is 3.18. The lowest BCUT2D eigenvalue weighted by Crippen LogP contribution is -2.10. The first-order valence-electron chi connectivity index (χ1n) is 7.02. The Kier molecular flexibility index (Phi) is 4.60. The second kappa shape index (κ2) is 6.00. The van der Waals surface area contributed by atoms with Gasteiger partial charge in [0, 0.05) is 18.4 Å². The predicted octanol–water partition coefficient (Wildman–Crippen LogP) is 4.45. The van der Waals surface area contributed by atoms with Crippen LogP contribution in [0.5, 0.6) is 0 Å². The van der Waals surface area contributed by atoms with Crippen LogP contribution in [-0.4, -0.2) is 16.5 Å². The Hall–Kier alpha value is -0.640. The zero-order chi connectivity index (χ0) is 13.1. The van der Waals surface area contributed by atoms with Crippen molar-refractivity contribution in [3.05, 3.63) is 16.0 Å². The van der Waals surface area contributed by atoms with Gasteiger partial charge in [0.1, 0.15) is 11.6 Å². The summed E-state index contributed by atoms with van der Waals surface area (Å²) in [5.74, 6) is 3.11. The van der Waals surface area contributed by atoms with Gasteiger partial charge in [0.25, 0.3) is 0 Å².